The molecule has 0 bridgehead atoms. The second kappa shape index (κ2) is 34.8. The topological polar surface area (TPSA) is 515 Å². The zero-order valence-corrected chi connectivity index (χ0v) is 42.2. The van der Waals surface area contributed by atoms with Crippen LogP contribution in [0.4, 0.5) is 0 Å². The smallest absolute Gasteiger partial charge is 0.311 e. The largest absolute Gasteiger partial charge is 0.459 e. The third kappa shape index (κ3) is 21.3. The summed E-state index contributed by atoms with van der Waals surface area (Å²) in [5.74, 6) is -2.58. The lowest BCUT2D eigenvalue weighted by molar-refractivity contribution is -0.318. The molecule has 0 unspecified atom stereocenters. The molecule has 66 heavy (non-hydrogen) atoms. The number of carbonyl (C=O) groups is 1. The van der Waals surface area contributed by atoms with Crippen LogP contribution in [0.5, 0.6) is 0 Å². The van der Waals surface area contributed by atoms with E-state index < -0.39 is 96.0 Å². The summed E-state index contributed by atoms with van der Waals surface area (Å²) in [5.41, 5.74) is -4.37. The lowest BCUT2D eigenvalue weighted by Crippen LogP contribution is -2.60. The van der Waals surface area contributed by atoms with Gasteiger partial charge in [0.1, 0.15) is 30.0 Å². The average molecular weight is 989 g/mol. The van der Waals surface area contributed by atoms with Gasteiger partial charge >= 0.3 is 5.97 Å². The Balaban J connectivity index is -0.000000318. The van der Waals surface area contributed by atoms with E-state index in [0.29, 0.717) is 13.0 Å². The first kappa shape index (κ1) is 84.5. The summed E-state index contributed by atoms with van der Waals surface area (Å²) in [6, 6.07) is -0.808. The van der Waals surface area contributed by atoms with E-state index in [9.17, 15) is 30.3 Å². The molecule has 0 radical (unpaired) electrons. The van der Waals surface area contributed by atoms with Gasteiger partial charge in [-0.3, -0.25) is 4.79 Å². The van der Waals surface area contributed by atoms with Crippen molar-refractivity contribution in [2.45, 2.75) is 205 Å². The van der Waals surface area contributed by atoms with Crippen LogP contribution in [0.15, 0.2) is 0 Å². The first-order chi connectivity index (χ1) is 25.6. The van der Waals surface area contributed by atoms with E-state index in [1.54, 1.807) is 55.4 Å². The first-order valence-electron chi connectivity index (χ1n) is 20.6. The molecular weight excluding hydrogens is 888 g/mol. The molecule has 25 heteroatoms. The van der Waals surface area contributed by atoms with Crippen molar-refractivity contribution < 1.29 is 119 Å². The number of aliphatic hydroxyl groups is 6. The highest BCUT2D eigenvalue weighted by Gasteiger charge is 2.52. The number of hydrogen-bond acceptors (Lipinski definition) is 15. The number of methoxy groups -OCH3 is 1. The van der Waals surface area contributed by atoms with E-state index in [1.807, 2.05) is 51.7 Å². The molecule has 18 atom stereocenters. The lowest BCUT2D eigenvalue weighted by atomic mass is 9.77. The molecule has 3 fully saturated rings. The summed E-state index contributed by atoms with van der Waals surface area (Å²) in [6.07, 6.45) is -8.36. The van der Waals surface area contributed by atoms with Gasteiger partial charge in [0.2, 0.25) is 0 Å². The maximum atomic E-state index is 14.2. The Hall–Kier alpha value is -1.45. The quantitative estimate of drug-likeness (QED) is 0.129. The Morgan fingerprint density at radius 2 is 1.30 bits per heavy atom. The van der Waals surface area contributed by atoms with Crippen molar-refractivity contribution in [2.24, 2.45) is 17.8 Å². The Morgan fingerprint density at radius 1 is 0.818 bits per heavy atom. The van der Waals surface area contributed by atoms with E-state index in [1.165, 1.54) is 14.0 Å². The minimum atomic E-state index is -1.80. The van der Waals surface area contributed by atoms with Crippen LogP contribution in [-0.4, -0.2) is 232 Å². The maximum Gasteiger partial charge on any atom is 0.311 e. The number of rotatable bonds is 7. The standard InChI is InChI=1S/C38H72N2O12.C3H8O.10H2O/c1-15-27-38(10,46)31(42)24(6)40(13)19-20(2)17-36(8,45)33(52-35-29(41)26(39(11)12)16-21(3)48-35)22(4)30(23(5)34(44)50-27)51-28-18-37(9,47-14)32(43)25(7)49-28;1-3(2)4;;;;;;;;;;/h20-33,35,41-43,45-46H,15-19H2,1-14H3;3-4H,1-2H3;10*1H2/t20-,21+,22-,23+,24+,25-,26-,27+,28-,29+,30-,31+,32-,33+,35-,36-,37+,38+;;;;;;;;;;;/m0.........../s1. The molecule has 0 spiro atoms. The molecule has 25 nitrogen and oxygen atoms in total. The van der Waals surface area contributed by atoms with Crippen molar-refractivity contribution in [3.63, 3.8) is 0 Å². The molecule has 3 rings (SSSR count). The highest BCUT2D eigenvalue weighted by atomic mass is 16.7. The Kier molecular flexibility index (Phi) is 44.5. The summed E-state index contributed by atoms with van der Waals surface area (Å²) >= 11 is 0. The monoisotopic (exact) mass is 989 g/mol. The fourth-order valence-corrected chi connectivity index (χ4v) is 8.74. The van der Waals surface area contributed by atoms with Crippen LogP contribution in [0.25, 0.3) is 0 Å². The molecule has 0 amide bonds. The van der Waals surface area contributed by atoms with Crippen LogP contribution in [-0.2, 0) is 33.2 Å². The summed E-state index contributed by atoms with van der Waals surface area (Å²) in [6.45, 7) is 21.5. The van der Waals surface area contributed by atoms with E-state index >= 15 is 0 Å². The number of hydrogen-bond donors (Lipinski definition) is 6. The van der Waals surface area contributed by atoms with Crippen LogP contribution >= 0.6 is 0 Å². The number of carbonyl (C=O) groups excluding carboxylic acids is 1. The molecule has 0 aromatic rings. The third-order valence-electron chi connectivity index (χ3n) is 12.2. The minimum absolute atomic E-state index is 0. The van der Waals surface area contributed by atoms with Crippen molar-refractivity contribution in [1.82, 2.24) is 9.80 Å². The summed E-state index contributed by atoms with van der Waals surface area (Å²) in [7, 11) is 7.12. The van der Waals surface area contributed by atoms with Crippen molar-refractivity contribution >= 4 is 5.97 Å². The van der Waals surface area contributed by atoms with Gasteiger partial charge in [0.15, 0.2) is 12.6 Å². The fraction of sp³-hybridized carbons (Fsp3) is 0.976. The number of aliphatic hydroxyl groups excluding tert-OH is 4. The van der Waals surface area contributed by atoms with Crippen LogP contribution in [0.1, 0.15) is 109 Å². The van der Waals surface area contributed by atoms with Gasteiger partial charge in [-0.25, -0.2) is 0 Å². The first-order valence-corrected chi connectivity index (χ1v) is 20.6. The van der Waals surface area contributed by atoms with Gasteiger partial charge in [0.25, 0.3) is 0 Å². The number of likely N-dealkylation sites (N-methyl/N-ethyl adjacent to an activating group) is 2. The van der Waals surface area contributed by atoms with Crippen LogP contribution in [0.3, 0.4) is 0 Å². The molecule has 0 saturated carbocycles. The van der Waals surface area contributed by atoms with Crippen molar-refractivity contribution in [3.8, 4) is 0 Å². The second-order valence-electron chi connectivity index (χ2n) is 18.3. The lowest BCUT2D eigenvalue weighted by Gasteiger charge is -2.48. The van der Waals surface area contributed by atoms with Gasteiger partial charge < -0.3 is 124 Å². The Morgan fingerprint density at radius 3 is 1.74 bits per heavy atom. The van der Waals surface area contributed by atoms with Crippen molar-refractivity contribution in [3.05, 3.63) is 0 Å². The summed E-state index contributed by atoms with van der Waals surface area (Å²) in [4.78, 5) is 18.0. The van der Waals surface area contributed by atoms with Gasteiger partial charge in [0, 0.05) is 44.2 Å². The molecule has 3 heterocycles. The van der Waals surface area contributed by atoms with Gasteiger partial charge in [0.05, 0.1) is 41.5 Å². The highest BCUT2D eigenvalue weighted by molar-refractivity contribution is 5.73. The minimum Gasteiger partial charge on any atom is -0.459 e. The van der Waals surface area contributed by atoms with Crippen LogP contribution in [0, 0.1) is 17.8 Å². The predicted octanol–water partition coefficient (Wildman–Crippen LogP) is -5.96. The molecule has 3 aliphatic rings. The highest BCUT2D eigenvalue weighted by Crippen LogP contribution is 2.40. The molecule has 0 aromatic heterocycles. The average Bonchev–Trinajstić information content (AvgIpc) is 3.09. The zero-order valence-electron chi connectivity index (χ0n) is 42.2. The molecule has 412 valence electrons. The van der Waals surface area contributed by atoms with Gasteiger partial charge in [-0.15, -0.1) is 0 Å². The molecule has 0 aromatic carbocycles. The van der Waals surface area contributed by atoms with E-state index in [4.69, 9.17) is 33.5 Å². The number of cyclic esters (lactones) is 1. The van der Waals surface area contributed by atoms with Crippen LogP contribution in [0.2, 0.25) is 0 Å². The van der Waals surface area contributed by atoms with Gasteiger partial charge in [-0.2, -0.15) is 0 Å². The Bertz CT molecular complexity index is 1210. The zero-order chi connectivity index (χ0) is 43.2. The summed E-state index contributed by atoms with van der Waals surface area (Å²) in [5, 5.41) is 66.2. The fourth-order valence-electron chi connectivity index (χ4n) is 8.74. The van der Waals surface area contributed by atoms with E-state index in [0.717, 1.165) is 0 Å². The van der Waals surface area contributed by atoms with Gasteiger partial charge in [-0.1, -0.05) is 20.8 Å². The number of ether oxygens (including phenoxy) is 6. The third-order valence-corrected chi connectivity index (χ3v) is 12.2. The predicted molar refractivity (Wildman–Crippen MR) is 248 cm³/mol. The molecule has 3 saturated heterocycles. The maximum absolute atomic E-state index is 14.2. The van der Waals surface area contributed by atoms with E-state index in [2.05, 4.69) is 0 Å². The summed E-state index contributed by atoms with van der Waals surface area (Å²) < 4.78 is 37.5. The van der Waals surface area contributed by atoms with Crippen molar-refractivity contribution in [2.75, 3.05) is 34.8 Å². The second-order valence-corrected chi connectivity index (χ2v) is 18.3. The molecule has 0 aliphatic carbocycles. The molecule has 26 N–H and O–H groups in total. The molecule has 3 aliphatic heterocycles. The normalized spacial score (nSPS) is 39.6. The van der Waals surface area contributed by atoms with Crippen molar-refractivity contribution in [1.29, 1.82) is 0 Å². The number of nitrogens with zero attached hydrogens (tertiary/aromatic N) is 2. The Labute approximate surface area is 391 Å². The van der Waals surface area contributed by atoms with E-state index in [-0.39, 0.29) is 98.2 Å². The van der Waals surface area contributed by atoms with Crippen LogP contribution < -0.4 is 0 Å². The molecular formula is C41H100N2O23. The number of esters is 1. The SMILES string of the molecule is CC(C)O.CC[C@H]1OC(=O)[C@H](C)[C@@H](O[C@H]2C[C@@](C)(OC)[C@@H](O)[C@H](C)O2)[C@H](C)[C@@H](O[C@@H]2O[C@H](C)C[C@H](N(C)C)[C@H]2O)[C@@](C)(O)C[C@H](C)CN(C)[C@H](C)[C@@H](O)[C@]1(C)O.O.O.O.O.O.O.O.O.O.O. The van der Waals surface area contributed by atoms with Gasteiger partial charge in [-0.05, 0) is 109 Å².